The minimum atomic E-state index is -1.37. The molecule has 1 aromatic carbocycles. The van der Waals surface area contributed by atoms with Crippen molar-refractivity contribution in [3.63, 3.8) is 0 Å². The van der Waals surface area contributed by atoms with Crippen LogP contribution in [0.3, 0.4) is 0 Å². The number of ether oxygens (including phenoxy) is 2. The van der Waals surface area contributed by atoms with E-state index in [1.54, 1.807) is 11.0 Å². The molecule has 2 amide bonds. The van der Waals surface area contributed by atoms with Crippen molar-refractivity contribution in [3.8, 4) is 0 Å². The topological polar surface area (TPSA) is 96.4 Å². The van der Waals surface area contributed by atoms with E-state index in [2.05, 4.69) is 0 Å². The van der Waals surface area contributed by atoms with E-state index in [0.29, 0.717) is 19.4 Å². The van der Waals surface area contributed by atoms with Crippen LogP contribution in [0.2, 0.25) is 0 Å². The van der Waals surface area contributed by atoms with Crippen LogP contribution in [0.4, 0.5) is 5.69 Å². The van der Waals surface area contributed by atoms with Crippen LogP contribution in [0.1, 0.15) is 44.7 Å². The Balaban J connectivity index is 1.72. The molecule has 8 nitrogen and oxygen atoms in total. The number of cyclic esters (lactones) is 1. The maximum absolute atomic E-state index is 14.7. The van der Waals surface area contributed by atoms with E-state index in [1.807, 2.05) is 71.0 Å². The number of nitrogens with zero attached hydrogens (tertiary/aromatic N) is 2. The number of amides is 2. The molecule has 4 aliphatic rings. The number of rotatable bonds is 6. The van der Waals surface area contributed by atoms with Crippen molar-refractivity contribution < 1.29 is 29.0 Å². The first-order valence-electron chi connectivity index (χ1n) is 13.7. The number of aliphatic hydroxyl groups is 1. The molecular weight excluding hydrogens is 484 g/mol. The van der Waals surface area contributed by atoms with Gasteiger partial charge in [0, 0.05) is 12.2 Å². The summed E-state index contributed by atoms with van der Waals surface area (Å²) in [5.41, 5.74) is 0.290. The number of carbonyl (C=O) groups is 3. The molecule has 0 bridgehead atoms. The Hall–Kier alpha value is -2.97. The summed E-state index contributed by atoms with van der Waals surface area (Å²) in [5.74, 6) is -3.03. The lowest BCUT2D eigenvalue weighted by Gasteiger charge is -2.42. The lowest BCUT2D eigenvalue weighted by atomic mass is 9.73. The van der Waals surface area contributed by atoms with E-state index in [0.717, 1.165) is 16.8 Å². The summed E-state index contributed by atoms with van der Waals surface area (Å²) in [6.07, 6.45) is 8.47. The smallest absolute Gasteiger partial charge is 0.313 e. The standard InChI is InChI=1S/C30H38N2O6/c1-6-19(4)22(17-33)32-25-27(35)31(21-16-18(3)10-11-20(21)5)14-8-13-30(25)23(26(32)34)24-28(36)37-15-9-12-29(24,7-2)38-30/h8-13,16,19,22-25,33H,6-7,14-15,17H2,1-5H3/t19-,22-,23-,24-,25?,29+,30-/m0/s1. The van der Waals surface area contributed by atoms with Gasteiger partial charge >= 0.3 is 5.97 Å². The number of hydrogen-bond acceptors (Lipinski definition) is 6. The quantitative estimate of drug-likeness (QED) is 0.456. The fourth-order valence-corrected chi connectivity index (χ4v) is 6.93. The lowest BCUT2D eigenvalue weighted by molar-refractivity contribution is -0.159. The number of fused-ring (bicyclic) bond motifs is 2. The first-order valence-corrected chi connectivity index (χ1v) is 13.7. The predicted octanol–water partition coefficient (Wildman–Crippen LogP) is 3.09. The molecule has 0 saturated carbocycles. The average molecular weight is 523 g/mol. The van der Waals surface area contributed by atoms with Gasteiger partial charge in [0.05, 0.1) is 18.6 Å². The van der Waals surface area contributed by atoms with Gasteiger partial charge in [-0.15, -0.1) is 0 Å². The molecule has 2 fully saturated rings. The van der Waals surface area contributed by atoms with Gasteiger partial charge in [0.25, 0.3) is 5.91 Å². The van der Waals surface area contributed by atoms with Gasteiger partial charge in [-0.1, -0.05) is 57.6 Å². The summed E-state index contributed by atoms with van der Waals surface area (Å²) in [4.78, 5) is 45.8. The third kappa shape index (κ3) is 3.67. The van der Waals surface area contributed by atoms with Crippen LogP contribution in [0, 0.1) is 31.6 Å². The predicted molar refractivity (Wildman–Crippen MR) is 142 cm³/mol. The molecule has 0 aromatic heterocycles. The van der Waals surface area contributed by atoms with Gasteiger partial charge in [-0.3, -0.25) is 14.4 Å². The number of anilines is 1. The Morgan fingerprint density at radius 1 is 1.08 bits per heavy atom. The summed E-state index contributed by atoms with van der Waals surface area (Å²) >= 11 is 0. The van der Waals surface area contributed by atoms with E-state index in [4.69, 9.17) is 9.47 Å². The lowest BCUT2D eigenvalue weighted by Crippen LogP contribution is -2.60. The molecule has 38 heavy (non-hydrogen) atoms. The molecule has 1 aromatic rings. The van der Waals surface area contributed by atoms with E-state index in [9.17, 15) is 19.5 Å². The highest BCUT2D eigenvalue weighted by Crippen LogP contribution is 2.59. The number of benzene rings is 1. The van der Waals surface area contributed by atoms with Crippen LogP contribution >= 0.6 is 0 Å². The number of likely N-dealkylation sites (tertiary alicyclic amines) is 1. The number of aryl methyl sites for hydroxylation is 2. The van der Waals surface area contributed by atoms with Crippen molar-refractivity contribution >= 4 is 23.5 Å². The number of hydrogen-bond donors (Lipinski definition) is 1. The van der Waals surface area contributed by atoms with Crippen LogP contribution in [-0.2, 0) is 23.9 Å². The molecule has 7 atom stereocenters. The number of esters is 1. The Morgan fingerprint density at radius 2 is 1.84 bits per heavy atom. The van der Waals surface area contributed by atoms with Crippen LogP contribution in [0.15, 0.2) is 42.5 Å². The minimum absolute atomic E-state index is 0.0778. The van der Waals surface area contributed by atoms with Gasteiger partial charge in [0.2, 0.25) is 5.91 Å². The van der Waals surface area contributed by atoms with Crippen LogP contribution in [0.25, 0.3) is 0 Å². The molecule has 2 saturated heterocycles. The zero-order valence-electron chi connectivity index (χ0n) is 22.8. The van der Waals surface area contributed by atoms with E-state index in [1.165, 1.54) is 4.90 Å². The second-order valence-corrected chi connectivity index (χ2v) is 11.2. The van der Waals surface area contributed by atoms with Crippen molar-refractivity contribution in [1.29, 1.82) is 0 Å². The number of aliphatic hydroxyl groups excluding tert-OH is 1. The normalized spacial score (nSPS) is 33.8. The molecular formula is C30H38N2O6. The highest BCUT2D eigenvalue weighted by atomic mass is 16.6. The largest absolute Gasteiger partial charge is 0.461 e. The maximum Gasteiger partial charge on any atom is 0.313 e. The number of carbonyl (C=O) groups excluding carboxylic acids is 3. The molecule has 204 valence electrons. The molecule has 4 aliphatic heterocycles. The molecule has 5 rings (SSSR count). The van der Waals surface area contributed by atoms with Crippen LogP contribution in [0.5, 0.6) is 0 Å². The molecule has 1 unspecified atom stereocenters. The Morgan fingerprint density at radius 3 is 2.53 bits per heavy atom. The van der Waals surface area contributed by atoms with Crippen molar-refractivity contribution in [2.24, 2.45) is 17.8 Å². The molecule has 4 heterocycles. The molecule has 1 N–H and O–H groups in total. The van der Waals surface area contributed by atoms with Crippen molar-refractivity contribution in [3.05, 3.63) is 53.6 Å². The van der Waals surface area contributed by atoms with E-state index in [-0.39, 0.29) is 30.9 Å². The summed E-state index contributed by atoms with van der Waals surface area (Å²) in [6, 6.07) is 4.31. The summed E-state index contributed by atoms with van der Waals surface area (Å²) in [6.45, 7) is 9.94. The summed E-state index contributed by atoms with van der Waals surface area (Å²) < 4.78 is 12.4. The zero-order chi connectivity index (χ0) is 27.4. The van der Waals surface area contributed by atoms with Crippen LogP contribution in [-0.4, -0.2) is 70.8 Å². The molecule has 0 radical (unpaired) electrons. The van der Waals surface area contributed by atoms with Gasteiger partial charge in [-0.2, -0.15) is 0 Å². The third-order valence-corrected chi connectivity index (χ3v) is 9.13. The van der Waals surface area contributed by atoms with E-state index >= 15 is 0 Å². The van der Waals surface area contributed by atoms with Gasteiger partial charge in [0.1, 0.15) is 29.8 Å². The highest BCUT2D eigenvalue weighted by Gasteiger charge is 2.76. The first kappa shape index (κ1) is 26.6. The Kier molecular flexibility index (Phi) is 6.76. The second-order valence-electron chi connectivity index (χ2n) is 11.2. The van der Waals surface area contributed by atoms with Crippen molar-refractivity contribution in [2.75, 3.05) is 24.7 Å². The Bertz CT molecular complexity index is 1210. The minimum Gasteiger partial charge on any atom is -0.461 e. The maximum atomic E-state index is 14.7. The third-order valence-electron chi connectivity index (χ3n) is 9.13. The summed E-state index contributed by atoms with van der Waals surface area (Å²) in [7, 11) is 0. The average Bonchev–Trinajstić information content (AvgIpc) is 3.18. The van der Waals surface area contributed by atoms with Gasteiger partial charge < -0.3 is 24.4 Å². The van der Waals surface area contributed by atoms with Crippen LogP contribution < -0.4 is 4.90 Å². The van der Waals surface area contributed by atoms with Crippen molar-refractivity contribution in [2.45, 2.75) is 70.7 Å². The monoisotopic (exact) mass is 522 g/mol. The molecule has 0 aliphatic carbocycles. The van der Waals surface area contributed by atoms with Gasteiger partial charge in [-0.25, -0.2) is 0 Å². The highest BCUT2D eigenvalue weighted by molar-refractivity contribution is 6.06. The SMILES string of the molecule is CC[C@H](C)[C@H](CO)N1C(=O)[C@@H]2[C@H]3C(=O)OCC=C[C@@]3(CC)O[C@@]23C=CCN(c2cc(C)ccc2C)C(=O)C13. The molecule has 8 heteroatoms. The zero-order valence-corrected chi connectivity index (χ0v) is 22.8. The van der Waals surface area contributed by atoms with Crippen molar-refractivity contribution in [1.82, 2.24) is 4.90 Å². The Labute approximate surface area is 224 Å². The summed E-state index contributed by atoms with van der Waals surface area (Å²) in [5, 5.41) is 10.5. The fourth-order valence-electron chi connectivity index (χ4n) is 6.93. The second kappa shape index (κ2) is 9.65. The molecule has 1 spiro atoms. The van der Waals surface area contributed by atoms with Gasteiger partial charge in [-0.05, 0) is 49.5 Å². The van der Waals surface area contributed by atoms with E-state index < -0.39 is 41.1 Å². The first-order chi connectivity index (χ1) is 18.2. The fraction of sp³-hybridized carbons (Fsp3) is 0.567. The van der Waals surface area contributed by atoms with Gasteiger partial charge in [0.15, 0.2) is 0 Å².